The van der Waals surface area contributed by atoms with E-state index in [-0.39, 0.29) is 5.91 Å². The van der Waals surface area contributed by atoms with Gasteiger partial charge in [0, 0.05) is 11.3 Å². The van der Waals surface area contributed by atoms with E-state index in [4.69, 9.17) is 14.2 Å². The third-order valence-electron chi connectivity index (χ3n) is 4.58. The molecule has 0 bridgehead atoms. The smallest absolute Gasteiger partial charge is 0.341 e. The zero-order valence-corrected chi connectivity index (χ0v) is 19.7. The third kappa shape index (κ3) is 7.58. The minimum atomic E-state index is -0.409. The minimum absolute atomic E-state index is 0.142. The molecule has 0 atom stereocenters. The van der Waals surface area contributed by atoms with E-state index in [1.165, 1.54) is 11.3 Å². The van der Waals surface area contributed by atoms with Crippen LogP contribution in [0.3, 0.4) is 0 Å². The zero-order valence-electron chi connectivity index (χ0n) is 18.9. The number of thiophene rings is 1. The average Bonchev–Trinajstić information content (AvgIpc) is 3.17. The largest absolute Gasteiger partial charge is 0.490 e. The molecule has 0 saturated carbocycles. The Labute approximate surface area is 188 Å². The first-order valence-corrected chi connectivity index (χ1v) is 11.8. The Kier molecular flexibility index (Phi) is 10.4. The van der Waals surface area contributed by atoms with Crippen LogP contribution in [0.5, 0.6) is 11.5 Å². The number of aryl methyl sites for hydroxylation is 2. The van der Waals surface area contributed by atoms with Crippen LogP contribution in [0.4, 0.5) is 5.00 Å². The zero-order chi connectivity index (χ0) is 22.6. The molecule has 0 radical (unpaired) electrons. The summed E-state index contributed by atoms with van der Waals surface area (Å²) < 4.78 is 16.6. The van der Waals surface area contributed by atoms with Crippen LogP contribution in [-0.2, 0) is 22.4 Å². The lowest BCUT2D eigenvalue weighted by Gasteiger charge is -2.13. The van der Waals surface area contributed by atoms with Gasteiger partial charge in [0.1, 0.15) is 5.00 Å². The van der Waals surface area contributed by atoms with Crippen LogP contribution in [0, 0.1) is 0 Å². The molecule has 2 rings (SSSR count). The lowest BCUT2D eigenvalue weighted by molar-refractivity contribution is -0.116. The van der Waals surface area contributed by atoms with Gasteiger partial charge in [0.2, 0.25) is 5.91 Å². The summed E-state index contributed by atoms with van der Waals surface area (Å²) >= 11 is 1.41. The van der Waals surface area contributed by atoms with E-state index < -0.39 is 5.97 Å². The summed E-state index contributed by atoms with van der Waals surface area (Å²) in [6.45, 7) is 9.32. The van der Waals surface area contributed by atoms with Crippen LogP contribution in [0.25, 0.3) is 0 Å². The Balaban J connectivity index is 2.01. The molecule has 1 amide bonds. The predicted octanol–water partition coefficient (Wildman–Crippen LogP) is 5.64. The van der Waals surface area contributed by atoms with Crippen molar-refractivity contribution in [2.45, 2.75) is 59.8 Å². The number of rotatable bonds is 13. The van der Waals surface area contributed by atoms with E-state index in [1.807, 2.05) is 32.0 Å². The number of amides is 1. The highest BCUT2D eigenvalue weighted by atomic mass is 32.1. The second-order valence-electron chi connectivity index (χ2n) is 6.99. The standard InChI is InChI=1S/C24H33NO5S/c1-5-9-14-30-20-12-10-17(15-21(20)28-7-3)11-13-22(26)25-23-19(24(27)29-8-4)16-18(6-2)31-23/h10,12,15-16H,5-9,11,13-14H2,1-4H3,(H,25,26). The number of unbranched alkanes of at least 4 members (excludes halogenated alkanes) is 1. The van der Waals surface area contributed by atoms with Gasteiger partial charge in [0.05, 0.1) is 25.4 Å². The maximum Gasteiger partial charge on any atom is 0.341 e. The van der Waals surface area contributed by atoms with Crippen molar-refractivity contribution in [3.8, 4) is 11.5 Å². The van der Waals surface area contributed by atoms with Crippen LogP contribution in [0.2, 0.25) is 0 Å². The van der Waals surface area contributed by atoms with Gasteiger partial charge in [-0.05, 0) is 56.9 Å². The van der Waals surface area contributed by atoms with Crippen LogP contribution in [-0.4, -0.2) is 31.7 Å². The number of benzene rings is 1. The van der Waals surface area contributed by atoms with E-state index >= 15 is 0 Å². The second-order valence-corrected chi connectivity index (χ2v) is 8.13. The van der Waals surface area contributed by atoms with E-state index in [9.17, 15) is 9.59 Å². The number of esters is 1. The fourth-order valence-electron chi connectivity index (χ4n) is 2.94. The van der Waals surface area contributed by atoms with Crippen molar-refractivity contribution in [3.05, 3.63) is 40.3 Å². The summed E-state index contributed by atoms with van der Waals surface area (Å²) in [5.74, 6) is 0.880. The monoisotopic (exact) mass is 447 g/mol. The minimum Gasteiger partial charge on any atom is -0.490 e. The number of hydrogen-bond acceptors (Lipinski definition) is 6. The molecule has 1 aromatic carbocycles. The molecule has 1 N–H and O–H groups in total. The quantitative estimate of drug-likeness (QED) is 0.318. The van der Waals surface area contributed by atoms with Gasteiger partial charge in [0.25, 0.3) is 0 Å². The molecular weight excluding hydrogens is 414 g/mol. The average molecular weight is 448 g/mol. The van der Waals surface area contributed by atoms with E-state index in [1.54, 1.807) is 13.0 Å². The molecule has 0 saturated heterocycles. The van der Waals surface area contributed by atoms with Crippen molar-refractivity contribution < 1.29 is 23.8 Å². The van der Waals surface area contributed by atoms with Crippen molar-refractivity contribution in [3.63, 3.8) is 0 Å². The van der Waals surface area contributed by atoms with Gasteiger partial charge >= 0.3 is 5.97 Å². The Morgan fingerprint density at radius 3 is 2.48 bits per heavy atom. The maximum absolute atomic E-state index is 12.6. The van der Waals surface area contributed by atoms with Gasteiger partial charge in [-0.1, -0.05) is 26.3 Å². The molecule has 1 aromatic heterocycles. The highest BCUT2D eigenvalue weighted by Crippen LogP contribution is 2.31. The number of carbonyl (C=O) groups is 2. The molecule has 7 heteroatoms. The maximum atomic E-state index is 12.6. The number of nitrogens with one attached hydrogen (secondary N) is 1. The predicted molar refractivity (Wildman–Crippen MR) is 125 cm³/mol. The fraction of sp³-hybridized carbons (Fsp3) is 0.500. The Morgan fingerprint density at radius 2 is 1.81 bits per heavy atom. The van der Waals surface area contributed by atoms with Crippen LogP contribution in [0.15, 0.2) is 24.3 Å². The Bertz CT molecular complexity index is 862. The lowest BCUT2D eigenvalue weighted by atomic mass is 10.1. The van der Waals surface area contributed by atoms with Crippen molar-refractivity contribution in [1.29, 1.82) is 0 Å². The highest BCUT2D eigenvalue weighted by molar-refractivity contribution is 7.16. The SMILES string of the molecule is CCCCOc1ccc(CCC(=O)Nc2sc(CC)cc2C(=O)OCC)cc1OCC. The molecule has 0 unspecified atom stereocenters. The Hall–Kier alpha value is -2.54. The first-order chi connectivity index (χ1) is 15.0. The molecule has 0 spiro atoms. The molecule has 0 aliphatic rings. The molecule has 1 heterocycles. The van der Waals surface area contributed by atoms with Crippen LogP contribution >= 0.6 is 11.3 Å². The summed E-state index contributed by atoms with van der Waals surface area (Å²) in [5, 5.41) is 3.43. The van der Waals surface area contributed by atoms with E-state index in [2.05, 4.69) is 12.2 Å². The molecule has 6 nitrogen and oxygen atoms in total. The van der Waals surface area contributed by atoms with Crippen molar-refractivity contribution >= 4 is 28.2 Å². The highest BCUT2D eigenvalue weighted by Gasteiger charge is 2.18. The van der Waals surface area contributed by atoms with Gasteiger partial charge in [-0.15, -0.1) is 11.3 Å². The number of anilines is 1. The molecule has 0 aliphatic heterocycles. The van der Waals surface area contributed by atoms with Gasteiger partial charge < -0.3 is 19.5 Å². The van der Waals surface area contributed by atoms with Crippen molar-refractivity contribution in [1.82, 2.24) is 0 Å². The number of carbonyl (C=O) groups excluding carboxylic acids is 2. The van der Waals surface area contributed by atoms with Crippen LogP contribution in [0.1, 0.15) is 67.8 Å². The van der Waals surface area contributed by atoms with E-state index in [0.717, 1.165) is 35.5 Å². The molecule has 0 aliphatic carbocycles. The Morgan fingerprint density at radius 1 is 1.00 bits per heavy atom. The van der Waals surface area contributed by atoms with Crippen LogP contribution < -0.4 is 14.8 Å². The summed E-state index contributed by atoms with van der Waals surface area (Å²) in [6, 6.07) is 7.59. The fourth-order valence-corrected chi connectivity index (χ4v) is 3.94. The molecule has 2 aromatic rings. The van der Waals surface area contributed by atoms with Gasteiger partial charge in [-0.2, -0.15) is 0 Å². The second kappa shape index (κ2) is 13.0. The van der Waals surface area contributed by atoms with Crippen molar-refractivity contribution in [2.24, 2.45) is 0 Å². The normalized spacial score (nSPS) is 10.6. The summed E-state index contributed by atoms with van der Waals surface area (Å²) in [6.07, 6.45) is 3.70. The molecule has 170 valence electrons. The number of hydrogen-bond donors (Lipinski definition) is 1. The molecule has 31 heavy (non-hydrogen) atoms. The lowest BCUT2D eigenvalue weighted by Crippen LogP contribution is -2.14. The molecular formula is C24H33NO5S. The first kappa shape index (κ1) is 24.7. The topological polar surface area (TPSA) is 73.9 Å². The molecule has 0 fully saturated rings. The van der Waals surface area contributed by atoms with Gasteiger partial charge in [-0.25, -0.2) is 4.79 Å². The summed E-state index contributed by atoms with van der Waals surface area (Å²) in [5.41, 5.74) is 1.41. The van der Waals surface area contributed by atoms with E-state index in [0.29, 0.717) is 49.0 Å². The number of ether oxygens (including phenoxy) is 3. The van der Waals surface area contributed by atoms with Crippen molar-refractivity contribution in [2.75, 3.05) is 25.1 Å². The summed E-state index contributed by atoms with van der Waals surface area (Å²) in [4.78, 5) is 25.8. The van der Waals surface area contributed by atoms with Gasteiger partial charge in [-0.3, -0.25) is 4.79 Å². The summed E-state index contributed by atoms with van der Waals surface area (Å²) in [7, 11) is 0. The third-order valence-corrected chi connectivity index (χ3v) is 5.78. The first-order valence-electron chi connectivity index (χ1n) is 11.0. The van der Waals surface area contributed by atoms with Gasteiger partial charge in [0.15, 0.2) is 11.5 Å².